The van der Waals surface area contributed by atoms with Gasteiger partial charge in [0, 0.05) is 12.0 Å². The highest BCUT2D eigenvalue weighted by atomic mass is 35.5. The molecule has 0 fully saturated rings. The average molecular weight is 234 g/mol. The second-order valence-corrected chi connectivity index (χ2v) is 4.46. The number of methoxy groups -OCH3 is 1. The van der Waals surface area contributed by atoms with Gasteiger partial charge in [0.05, 0.1) is 17.2 Å². The lowest BCUT2D eigenvalue weighted by Crippen LogP contribution is -2.30. The summed E-state index contributed by atoms with van der Waals surface area (Å²) < 4.78 is 5.33. The zero-order valence-corrected chi connectivity index (χ0v) is 10.3. The Morgan fingerprint density at radius 3 is 2.79 bits per heavy atom. The fraction of sp³-hybridized carbons (Fsp3) is 0.600. The molecular formula is C10H16ClNOS. The standard InChI is InChI=1S/C10H16ClNOS/c1-4-12-9(7(2)13-3)10-8(11)5-6-14-10/h5-7,9,12H,4H2,1-3H3. The number of likely N-dealkylation sites (N-methyl/N-ethyl adjacent to an activating group) is 1. The molecule has 80 valence electrons. The van der Waals surface area contributed by atoms with Crippen molar-refractivity contribution < 1.29 is 4.74 Å². The molecular weight excluding hydrogens is 218 g/mol. The lowest BCUT2D eigenvalue weighted by molar-refractivity contribution is 0.0847. The zero-order valence-electron chi connectivity index (χ0n) is 8.71. The van der Waals surface area contributed by atoms with Gasteiger partial charge in [0.1, 0.15) is 0 Å². The van der Waals surface area contributed by atoms with Crippen molar-refractivity contribution in [1.29, 1.82) is 0 Å². The maximum Gasteiger partial charge on any atom is 0.0746 e. The molecule has 0 amide bonds. The van der Waals surface area contributed by atoms with Crippen molar-refractivity contribution in [2.45, 2.75) is 26.0 Å². The first kappa shape index (κ1) is 12.0. The van der Waals surface area contributed by atoms with Crippen LogP contribution in [0.25, 0.3) is 0 Å². The summed E-state index contributed by atoms with van der Waals surface area (Å²) in [6.07, 6.45) is 0.131. The van der Waals surface area contributed by atoms with Gasteiger partial charge in [0.15, 0.2) is 0 Å². The molecule has 4 heteroatoms. The SMILES string of the molecule is CCNC(c1sccc1Cl)C(C)OC. The molecule has 0 bridgehead atoms. The predicted molar refractivity (Wildman–Crippen MR) is 62.2 cm³/mol. The van der Waals surface area contributed by atoms with Crippen molar-refractivity contribution in [1.82, 2.24) is 5.32 Å². The Morgan fingerprint density at radius 2 is 2.36 bits per heavy atom. The summed E-state index contributed by atoms with van der Waals surface area (Å²) in [7, 11) is 1.72. The van der Waals surface area contributed by atoms with Crippen molar-refractivity contribution in [3.8, 4) is 0 Å². The minimum absolute atomic E-state index is 0.131. The molecule has 0 spiro atoms. The Morgan fingerprint density at radius 1 is 1.64 bits per heavy atom. The van der Waals surface area contributed by atoms with Crippen LogP contribution in [0.1, 0.15) is 24.8 Å². The van der Waals surface area contributed by atoms with Crippen LogP contribution in [0.2, 0.25) is 5.02 Å². The van der Waals surface area contributed by atoms with Crippen molar-refractivity contribution in [2.75, 3.05) is 13.7 Å². The van der Waals surface area contributed by atoms with E-state index < -0.39 is 0 Å². The molecule has 1 heterocycles. The van der Waals surface area contributed by atoms with Crippen LogP contribution in [-0.4, -0.2) is 19.8 Å². The van der Waals surface area contributed by atoms with Gasteiger partial charge in [-0.3, -0.25) is 0 Å². The normalized spacial score (nSPS) is 15.4. The number of thiophene rings is 1. The lowest BCUT2D eigenvalue weighted by Gasteiger charge is -2.22. The van der Waals surface area contributed by atoms with E-state index >= 15 is 0 Å². The van der Waals surface area contributed by atoms with Crippen molar-refractivity contribution in [3.05, 3.63) is 21.3 Å². The molecule has 0 aliphatic carbocycles. The largest absolute Gasteiger partial charge is 0.380 e. The van der Waals surface area contributed by atoms with E-state index in [9.17, 15) is 0 Å². The highest BCUT2D eigenvalue weighted by molar-refractivity contribution is 7.10. The third-order valence-corrected chi connectivity index (χ3v) is 3.63. The van der Waals surface area contributed by atoms with Gasteiger partial charge in [-0.15, -0.1) is 11.3 Å². The maximum absolute atomic E-state index is 6.09. The number of halogens is 1. The molecule has 0 saturated carbocycles. The number of hydrogen-bond acceptors (Lipinski definition) is 3. The topological polar surface area (TPSA) is 21.3 Å². The van der Waals surface area contributed by atoms with Gasteiger partial charge in [-0.2, -0.15) is 0 Å². The van der Waals surface area contributed by atoms with Gasteiger partial charge in [0.25, 0.3) is 0 Å². The smallest absolute Gasteiger partial charge is 0.0746 e. The summed E-state index contributed by atoms with van der Waals surface area (Å²) in [6, 6.07) is 2.12. The monoisotopic (exact) mass is 233 g/mol. The van der Waals surface area contributed by atoms with Crippen molar-refractivity contribution in [2.24, 2.45) is 0 Å². The summed E-state index contributed by atoms with van der Waals surface area (Å²) in [5, 5.41) is 6.21. The van der Waals surface area contributed by atoms with Gasteiger partial charge < -0.3 is 10.1 Å². The number of ether oxygens (including phenoxy) is 1. The highest BCUT2D eigenvalue weighted by Crippen LogP contribution is 2.31. The quantitative estimate of drug-likeness (QED) is 0.844. The van der Waals surface area contributed by atoms with Crippen LogP contribution in [-0.2, 0) is 4.74 Å². The molecule has 2 unspecified atom stereocenters. The van der Waals surface area contributed by atoms with E-state index in [1.807, 2.05) is 18.4 Å². The molecule has 14 heavy (non-hydrogen) atoms. The average Bonchev–Trinajstić information content (AvgIpc) is 2.60. The minimum Gasteiger partial charge on any atom is -0.380 e. The van der Waals surface area contributed by atoms with Gasteiger partial charge in [-0.05, 0) is 24.9 Å². The summed E-state index contributed by atoms with van der Waals surface area (Å²) in [5.74, 6) is 0. The molecule has 1 rings (SSSR count). The Bertz CT molecular complexity index is 277. The Kier molecular flexibility index (Phi) is 4.89. The number of nitrogens with one attached hydrogen (secondary N) is 1. The summed E-state index contributed by atoms with van der Waals surface area (Å²) >= 11 is 7.75. The molecule has 1 aromatic rings. The molecule has 2 atom stereocenters. The van der Waals surface area contributed by atoms with Gasteiger partial charge in [0.2, 0.25) is 0 Å². The fourth-order valence-electron chi connectivity index (χ4n) is 1.36. The summed E-state index contributed by atoms with van der Waals surface area (Å²) in [4.78, 5) is 1.16. The van der Waals surface area contributed by atoms with Crippen molar-refractivity contribution >= 4 is 22.9 Å². The first-order valence-electron chi connectivity index (χ1n) is 4.69. The molecule has 1 aromatic heterocycles. The highest BCUT2D eigenvalue weighted by Gasteiger charge is 2.21. The summed E-state index contributed by atoms with van der Waals surface area (Å²) in [5.41, 5.74) is 0. The maximum atomic E-state index is 6.09. The van der Waals surface area contributed by atoms with Crippen LogP contribution < -0.4 is 5.32 Å². The Balaban J connectivity index is 2.82. The van der Waals surface area contributed by atoms with Crippen molar-refractivity contribution in [3.63, 3.8) is 0 Å². The first-order chi connectivity index (χ1) is 6.70. The molecule has 0 aliphatic rings. The molecule has 0 aromatic carbocycles. The van der Waals surface area contributed by atoms with E-state index in [1.54, 1.807) is 18.4 Å². The van der Waals surface area contributed by atoms with Crippen LogP contribution >= 0.6 is 22.9 Å². The zero-order chi connectivity index (χ0) is 10.6. The van der Waals surface area contributed by atoms with E-state index in [0.717, 1.165) is 16.4 Å². The molecule has 0 aliphatic heterocycles. The van der Waals surface area contributed by atoms with E-state index in [2.05, 4.69) is 12.2 Å². The van der Waals surface area contributed by atoms with Gasteiger partial charge in [-0.1, -0.05) is 18.5 Å². The number of rotatable bonds is 5. The summed E-state index contributed by atoms with van der Waals surface area (Å²) in [6.45, 7) is 5.03. The fourth-order valence-corrected chi connectivity index (χ4v) is 2.70. The lowest BCUT2D eigenvalue weighted by atomic mass is 10.1. The first-order valence-corrected chi connectivity index (χ1v) is 5.95. The van der Waals surface area contributed by atoms with Gasteiger partial charge >= 0.3 is 0 Å². The Hall–Kier alpha value is -0.0900. The van der Waals surface area contributed by atoms with E-state index in [1.165, 1.54) is 0 Å². The van der Waals surface area contributed by atoms with Crippen LogP contribution in [0.15, 0.2) is 11.4 Å². The van der Waals surface area contributed by atoms with Crippen LogP contribution in [0.3, 0.4) is 0 Å². The van der Waals surface area contributed by atoms with E-state index in [4.69, 9.17) is 16.3 Å². The predicted octanol–water partition coefficient (Wildman–Crippen LogP) is 3.09. The third-order valence-electron chi connectivity index (χ3n) is 2.19. The molecule has 0 radical (unpaired) electrons. The minimum atomic E-state index is 0.131. The van der Waals surface area contributed by atoms with E-state index in [-0.39, 0.29) is 12.1 Å². The second-order valence-electron chi connectivity index (χ2n) is 3.11. The molecule has 1 N–H and O–H groups in total. The Labute approximate surface area is 94.2 Å². The van der Waals surface area contributed by atoms with Crippen LogP contribution in [0, 0.1) is 0 Å². The van der Waals surface area contributed by atoms with Crippen LogP contribution in [0.5, 0.6) is 0 Å². The number of hydrogen-bond donors (Lipinski definition) is 1. The molecule has 0 saturated heterocycles. The van der Waals surface area contributed by atoms with Gasteiger partial charge in [-0.25, -0.2) is 0 Å². The molecule has 2 nitrogen and oxygen atoms in total. The second kappa shape index (κ2) is 5.71. The third kappa shape index (κ3) is 2.70. The van der Waals surface area contributed by atoms with E-state index in [0.29, 0.717) is 0 Å². The van der Waals surface area contributed by atoms with Crippen LogP contribution in [0.4, 0.5) is 0 Å².